The van der Waals surface area contributed by atoms with Crippen LogP contribution in [0.4, 0.5) is 0 Å². The van der Waals surface area contributed by atoms with E-state index in [4.69, 9.17) is 25.3 Å². The molecule has 0 saturated carbocycles. The van der Waals surface area contributed by atoms with Crippen molar-refractivity contribution in [3.63, 3.8) is 0 Å². The summed E-state index contributed by atoms with van der Waals surface area (Å²) in [5.41, 5.74) is 0. The Morgan fingerprint density at radius 3 is 1.64 bits per heavy atom. The van der Waals surface area contributed by atoms with Gasteiger partial charge in [-0.1, -0.05) is 0 Å². The molecule has 0 rings (SSSR count). The quantitative estimate of drug-likeness (QED) is 0.281. The van der Waals surface area contributed by atoms with E-state index in [2.05, 4.69) is 0 Å². The van der Waals surface area contributed by atoms with Crippen LogP contribution in [0.15, 0.2) is 0 Å². The van der Waals surface area contributed by atoms with E-state index < -0.39 is 19.4 Å². The third-order valence-corrected chi connectivity index (χ3v) is 0.357. The van der Waals surface area contributed by atoms with Crippen molar-refractivity contribution >= 4 is 13.3 Å². The van der Waals surface area contributed by atoms with Gasteiger partial charge in [-0.3, -0.25) is 0 Å². The Morgan fingerprint density at radius 2 is 1.64 bits per heavy atom. The number of carbonyl (C=O) groups is 1. The van der Waals surface area contributed by atoms with Gasteiger partial charge in [-0.05, 0) is 6.92 Å². The van der Waals surface area contributed by atoms with Crippen LogP contribution >= 0.6 is 0 Å². The van der Waals surface area contributed by atoms with Gasteiger partial charge in [0.1, 0.15) is 6.10 Å². The van der Waals surface area contributed by atoms with Gasteiger partial charge in [0.2, 0.25) is 0 Å². The third-order valence-electron chi connectivity index (χ3n) is 0.357. The van der Waals surface area contributed by atoms with Crippen LogP contribution < -0.4 is 23.9 Å². The fourth-order valence-corrected chi connectivity index (χ4v) is 0. The third kappa shape index (κ3) is 40.2. The van der Waals surface area contributed by atoms with E-state index in [9.17, 15) is 4.79 Å². The number of carboxylic acids is 1. The molecule has 0 fully saturated rings. The Hall–Kier alpha value is -0.0277. The molecule has 1 unspecified atom stereocenters. The maximum atomic E-state index is 9.45. The van der Waals surface area contributed by atoms with Crippen LogP contribution in [0.2, 0.25) is 0 Å². The van der Waals surface area contributed by atoms with Gasteiger partial charge in [-0.25, -0.2) is 4.79 Å². The molecular weight excluding hydrogens is 150 g/mol. The summed E-state index contributed by atoms with van der Waals surface area (Å²) in [7, 11) is -2.42. The average Bonchev–Trinajstić information content (AvgIpc) is 1.63. The van der Waals surface area contributed by atoms with Crippen molar-refractivity contribution in [3.8, 4) is 0 Å². The summed E-state index contributed by atoms with van der Waals surface area (Å²) in [6.07, 6.45) is -1.23. The molecule has 4 N–H and O–H groups in total. The predicted octanol–water partition coefficient (Wildman–Crippen LogP) is -6.23. The molecule has 0 aromatic rings. The van der Waals surface area contributed by atoms with E-state index >= 15 is 0 Å². The molecule has 0 aliphatic rings. The van der Waals surface area contributed by atoms with Crippen LogP contribution in [0, 0.1) is 0 Å². The van der Waals surface area contributed by atoms with Crippen molar-refractivity contribution < 1.29 is 48.9 Å². The molecule has 0 amide bonds. The maximum Gasteiger partial charge on any atom is 1.00 e. The predicted molar refractivity (Wildman–Crippen MR) is 29.5 cm³/mol. The number of aliphatic carboxylic acids is 1. The molecule has 0 saturated heterocycles. The van der Waals surface area contributed by atoms with E-state index in [-0.39, 0.29) is 18.9 Å². The van der Waals surface area contributed by atoms with E-state index in [0.717, 1.165) is 0 Å². The zero-order valence-electron chi connectivity index (χ0n) is 6.26. The summed E-state index contributed by atoms with van der Waals surface area (Å²) < 4.78 is 0. The van der Waals surface area contributed by atoms with Gasteiger partial charge in [0, 0.05) is 0 Å². The van der Waals surface area contributed by atoms with E-state index in [1.54, 1.807) is 0 Å². The van der Waals surface area contributed by atoms with Gasteiger partial charge in [0.15, 0.2) is 0 Å². The van der Waals surface area contributed by atoms with Gasteiger partial charge < -0.3 is 25.3 Å². The van der Waals surface area contributed by atoms with Gasteiger partial charge >= 0.3 is 32.2 Å². The minimum Gasteiger partial charge on any atom is -0.832 e. The average molecular weight is 158 g/mol. The maximum absolute atomic E-state index is 9.45. The molecular formula is C3H8BLiO6. The van der Waals surface area contributed by atoms with Crippen LogP contribution in [0.25, 0.3) is 0 Å². The molecule has 8 heteroatoms. The first-order chi connectivity index (χ1) is 4.37. The zero-order chi connectivity index (χ0) is 8.73. The Kier molecular flexibility index (Phi) is 15.6. The van der Waals surface area contributed by atoms with Crippen molar-refractivity contribution in [1.82, 2.24) is 0 Å². The first kappa shape index (κ1) is 17.2. The van der Waals surface area contributed by atoms with Crippen LogP contribution in [-0.2, 0) is 4.79 Å². The molecule has 6 nitrogen and oxygen atoms in total. The number of hydrogen-bond donors (Lipinski definition) is 4. The van der Waals surface area contributed by atoms with Crippen LogP contribution in [0.3, 0.4) is 0 Å². The number of carboxylic acid groups (broad SMARTS) is 1. The van der Waals surface area contributed by atoms with Gasteiger partial charge in [-0.2, -0.15) is 0 Å². The molecule has 1 atom stereocenters. The SMILES string of the molecule is CC(O)C(=O)O.[Li+].[O-]B(O)O. The van der Waals surface area contributed by atoms with E-state index in [1.165, 1.54) is 6.92 Å². The van der Waals surface area contributed by atoms with Crippen molar-refractivity contribution in [2.75, 3.05) is 0 Å². The summed E-state index contributed by atoms with van der Waals surface area (Å²) in [4.78, 5) is 9.45. The van der Waals surface area contributed by atoms with Gasteiger partial charge in [-0.15, -0.1) is 0 Å². The zero-order valence-corrected chi connectivity index (χ0v) is 6.26. The number of aliphatic hydroxyl groups is 1. The van der Waals surface area contributed by atoms with Crippen molar-refractivity contribution in [3.05, 3.63) is 0 Å². The van der Waals surface area contributed by atoms with Crippen LogP contribution in [0.1, 0.15) is 6.92 Å². The van der Waals surface area contributed by atoms with Crippen LogP contribution in [-0.4, -0.2) is 39.7 Å². The van der Waals surface area contributed by atoms with E-state index in [1.807, 2.05) is 0 Å². The fraction of sp³-hybridized carbons (Fsp3) is 0.667. The summed E-state index contributed by atoms with van der Waals surface area (Å²) >= 11 is 0. The Morgan fingerprint density at radius 1 is 1.55 bits per heavy atom. The van der Waals surface area contributed by atoms with Gasteiger partial charge in [0.05, 0.1) is 0 Å². The van der Waals surface area contributed by atoms with Crippen molar-refractivity contribution in [2.24, 2.45) is 0 Å². The Labute approximate surface area is 75.8 Å². The smallest absolute Gasteiger partial charge is 0.832 e. The normalized spacial score (nSPS) is 9.91. The van der Waals surface area contributed by atoms with Crippen LogP contribution in [0.5, 0.6) is 0 Å². The van der Waals surface area contributed by atoms with Gasteiger partial charge in [0.25, 0.3) is 0 Å². The first-order valence-electron chi connectivity index (χ1n) is 2.30. The fourth-order valence-electron chi connectivity index (χ4n) is 0. The largest absolute Gasteiger partial charge is 1.00 e. The molecule has 11 heavy (non-hydrogen) atoms. The van der Waals surface area contributed by atoms with Crippen molar-refractivity contribution in [1.29, 1.82) is 0 Å². The number of rotatable bonds is 1. The molecule has 0 spiro atoms. The van der Waals surface area contributed by atoms with E-state index in [0.29, 0.717) is 0 Å². The minimum absolute atomic E-state index is 0. The number of aliphatic hydroxyl groups excluding tert-OH is 1. The Balaban J connectivity index is -0.000000114. The summed E-state index contributed by atoms with van der Waals surface area (Å²) in [5, 5.41) is 38.5. The molecule has 0 aromatic carbocycles. The Bertz CT molecular complexity index is 93.1. The molecule has 60 valence electrons. The first-order valence-corrected chi connectivity index (χ1v) is 2.30. The molecule has 0 aliphatic carbocycles. The monoisotopic (exact) mass is 158 g/mol. The molecule has 0 radical (unpaired) electrons. The second-order valence-electron chi connectivity index (χ2n) is 1.34. The summed E-state index contributed by atoms with van der Waals surface area (Å²) in [6.45, 7) is 1.20. The molecule has 0 aromatic heterocycles. The molecule has 0 bridgehead atoms. The molecule has 0 heterocycles. The topological polar surface area (TPSA) is 121 Å². The second kappa shape index (κ2) is 9.97. The standard InChI is InChI=1S/C3H6O3.BH2O3.Li/c1-2(4)3(5)6;2-1(3)4;/h2,4H,1H3,(H,5,6);2-3H;/q;-1;+1. The second-order valence-corrected chi connectivity index (χ2v) is 1.34. The minimum atomic E-state index is -2.42. The number of hydrogen-bond acceptors (Lipinski definition) is 5. The summed E-state index contributed by atoms with van der Waals surface area (Å²) in [5.74, 6) is -1.19. The van der Waals surface area contributed by atoms with Crippen molar-refractivity contribution in [2.45, 2.75) is 13.0 Å². The summed E-state index contributed by atoms with van der Waals surface area (Å²) in [6, 6.07) is 0. The molecule has 0 aliphatic heterocycles.